The van der Waals surface area contributed by atoms with Crippen LogP contribution in [0, 0.1) is 6.92 Å². The number of rotatable bonds is 5. The molecular formula is C15H16Cl2S. The minimum absolute atomic E-state index is 0.165. The number of aryl methyl sites for hydroxylation is 1. The lowest BCUT2D eigenvalue weighted by Gasteiger charge is -2.30. The zero-order valence-corrected chi connectivity index (χ0v) is 12.7. The molecule has 0 saturated heterocycles. The van der Waals surface area contributed by atoms with Gasteiger partial charge in [0.15, 0.2) is 0 Å². The molecular weight excluding hydrogens is 283 g/mol. The van der Waals surface area contributed by atoms with E-state index in [2.05, 4.69) is 48.7 Å². The van der Waals surface area contributed by atoms with E-state index in [1.54, 1.807) is 11.3 Å². The Balaban J connectivity index is 2.33. The van der Waals surface area contributed by atoms with Crippen molar-refractivity contribution in [1.82, 2.24) is 0 Å². The molecule has 0 saturated carbocycles. The quantitative estimate of drug-likeness (QED) is 0.680. The van der Waals surface area contributed by atoms with Gasteiger partial charge in [0.25, 0.3) is 0 Å². The van der Waals surface area contributed by atoms with Crippen LogP contribution in [-0.4, -0.2) is 11.8 Å². The minimum atomic E-state index is -0.165. The number of halogens is 2. The summed E-state index contributed by atoms with van der Waals surface area (Å²) in [6.45, 7) is 2.09. The van der Waals surface area contributed by atoms with Crippen molar-refractivity contribution in [3.05, 3.63) is 57.8 Å². The van der Waals surface area contributed by atoms with Gasteiger partial charge in [0.2, 0.25) is 0 Å². The molecule has 3 heteroatoms. The Hall–Kier alpha value is -0.500. The van der Waals surface area contributed by atoms with E-state index in [1.165, 1.54) is 16.0 Å². The minimum Gasteiger partial charge on any atom is -0.149 e. The smallest absolute Gasteiger partial charge is 0.0335 e. The highest BCUT2D eigenvalue weighted by atomic mass is 35.5. The molecule has 1 aromatic heterocycles. The van der Waals surface area contributed by atoms with E-state index in [0.717, 1.165) is 6.42 Å². The van der Waals surface area contributed by atoms with Crippen LogP contribution in [-0.2, 0) is 11.8 Å². The van der Waals surface area contributed by atoms with Crippen LogP contribution < -0.4 is 0 Å². The normalized spacial score (nSPS) is 11.7. The summed E-state index contributed by atoms with van der Waals surface area (Å²) in [6, 6.07) is 12.8. The van der Waals surface area contributed by atoms with Crippen LogP contribution in [0.15, 0.2) is 41.8 Å². The molecule has 0 bridgehead atoms. The molecule has 1 aromatic carbocycles. The van der Waals surface area contributed by atoms with Crippen LogP contribution in [0.3, 0.4) is 0 Å². The fourth-order valence-corrected chi connectivity index (χ4v) is 3.67. The zero-order valence-electron chi connectivity index (χ0n) is 10.3. The van der Waals surface area contributed by atoms with Gasteiger partial charge < -0.3 is 0 Å². The van der Waals surface area contributed by atoms with E-state index >= 15 is 0 Å². The van der Waals surface area contributed by atoms with E-state index in [4.69, 9.17) is 23.2 Å². The van der Waals surface area contributed by atoms with E-state index in [9.17, 15) is 0 Å². The first-order chi connectivity index (χ1) is 8.70. The van der Waals surface area contributed by atoms with Gasteiger partial charge >= 0.3 is 0 Å². The van der Waals surface area contributed by atoms with Crippen molar-refractivity contribution in [3.8, 4) is 0 Å². The molecule has 0 amide bonds. The van der Waals surface area contributed by atoms with Gasteiger partial charge in [0.05, 0.1) is 0 Å². The van der Waals surface area contributed by atoms with Crippen molar-refractivity contribution in [3.63, 3.8) is 0 Å². The predicted molar refractivity (Wildman–Crippen MR) is 82.3 cm³/mol. The number of benzene rings is 1. The Morgan fingerprint density at radius 3 is 2.22 bits per heavy atom. The molecule has 0 fully saturated rings. The zero-order chi connectivity index (χ0) is 13.0. The van der Waals surface area contributed by atoms with Crippen molar-refractivity contribution < 1.29 is 0 Å². The number of alkyl halides is 2. The van der Waals surface area contributed by atoms with Gasteiger partial charge in [-0.2, -0.15) is 0 Å². The molecule has 0 atom stereocenters. The predicted octanol–water partition coefficient (Wildman–Crippen LogP) is 5.01. The first-order valence-corrected chi connectivity index (χ1v) is 7.86. The molecule has 18 heavy (non-hydrogen) atoms. The van der Waals surface area contributed by atoms with Crippen molar-refractivity contribution in [2.75, 3.05) is 11.8 Å². The molecule has 0 unspecified atom stereocenters. The average molecular weight is 299 g/mol. The highest BCUT2D eigenvalue weighted by molar-refractivity contribution is 7.09. The van der Waals surface area contributed by atoms with Crippen LogP contribution in [0.25, 0.3) is 0 Å². The summed E-state index contributed by atoms with van der Waals surface area (Å²) >= 11 is 14.2. The summed E-state index contributed by atoms with van der Waals surface area (Å²) in [5.74, 6) is 1.08. The summed E-state index contributed by atoms with van der Waals surface area (Å²) in [4.78, 5) is 1.33. The Bertz CT molecular complexity index is 470. The molecule has 0 aliphatic carbocycles. The topological polar surface area (TPSA) is 0 Å². The third-order valence-electron chi connectivity index (χ3n) is 3.27. The molecule has 0 aliphatic heterocycles. The highest BCUT2D eigenvalue weighted by Crippen LogP contribution is 2.33. The number of hydrogen-bond donors (Lipinski definition) is 0. The summed E-state index contributed by atoms with van der Waals surface area (Å²) < 4.78 is 0. The van der Waals surface area contributed by atoms with Gasteiger partial charge in [0.1, 0.15) is 0 Å². The van der Waals surface area contributed by atoms with Gasteiger partial charge in [-0.05, 0) is 30.4 Å². The van der Waals surface area contributed by atoms with Gasteiger partial charge in [0, 0.05) is 22.1 Å². The van der Waals surface area contributed by atoms with Crippen LogP contribution in [0.4, 0.5) is 0 Å². The molecule has 0 spiro atoms. The molecule has 2 aromatic rings. The lowest BCUT2D eigenvalue weighted by atomic mass is 9.80. The number of thiophene rings is 1. The largest absolute Gasteiger partial charge is 0.149 e. The Morgan fingerprint density at radius 1 is 1.06 bits per heavy atom. The average Bonchev–Trinajstić information content (AvgIpc) is 2.90. The lowest BCUT2D eigenvalue weighted by Crippen LogP contribution is -2.33. The molecule has 96 valence electrons. The fourth-order valence-electron chi connectivity index (χ4n) is 2.04. The van der Waals surface area contributed by atoms with E-state index in [0.29, 0.717) is 11.8 Å². The molecule has 0 radical (unpaired) electrons. The molecule has 1 heterocycles. The third-order valence-corrected chi connectivity index (χ3v) is 5.17. The van der Waals surface area contributed by atoms with Crippen LogP contribution in [0.1, 0.15) is 16.0 Å². The maximum atomic E-state index is 6.24. The van der Waals surface area contributed by atoms with Gasteiger partial charge in [-0.1, -0.05) is 35.9 Å². The Labute approximate surface area is 123 Å². The lowest BCUT2D eigenvalue weighted by molar-refractivity contribution is 0.541. The summed E-state index contributed by atoms with van der Waals surface area (Å²) in [7, 11) is 0. The summed E-state index contributed by atoms with van der Waals surface area (Å²) in [6.07, 6.45) is 0.903. The second kappa shape index (κ2) is 6.10. The summed E-state index contributed by atoms with van der Waals surface area (Å²) in [5.41, 5.74) is 2.32. The first kappa shape index (κ1) is 13.9. The van der Waals surface area contributed by atoms with Crippen LogP contribution in [0.2, 0.25) is 0 Å². The second-order valence-electron chi connectivity index (χ2n) is 4.67. The Morgan fingerprint density at radius 2 is 1.72 bits per heavy atom. The van der Waals surface area contributed by atoms with Crippen LogP contribution >= 0.6 is 34.5 Å². The second-order valence-corrected chi connectivity index (χ2v) is 6.24. The standard InChI is InChI=1S/C15H16Cl2S/c1-12-4-6-13(7-5-12)15(10-16,11-17)9-14-3-2-8-18-14/h2-8H,9-11H2,1H3. The van der Waals surface area contributed by atoms with Crippen molar-refractivity contribution in [1.29, 1.82) is 0 Å². The third kappa shape index (κ3) is 2.90. The monoisotopic (exact) mass is 298 g/mol. The molecule has 0 aliphatic rings. The maximum absolute atomic E-state index is 6.24. The maximum Gasteiger partial charge on any atom is 0.0335 e. The van der Waals surface area contributed by atoms with E-state index in [1.807, 2.05) is 0 Å². The van der Waals surface area contributed by atoms with Gasteiger partial charge in [-0.25, -0.2) is 0 Å². The molecule has 0 N–H and O–H groups in total. The van der Waals surface area contributed by atoms with Gasteiger partial charge in [-0.15, -0.1) is 34.5 Å². The SMILES string of the molecule is Cc1ccc(C(CCl)(CCl)Cc2cccs2)cc1. The Kier molecular flexibility index (Phi) is 4.71. The molecule has 0 nitrogen and oxygen atoms in total. The van der Waals surface area contributed by atoms with E-state index in [-0.39, 0.29) is 5.41 Å². The first-order valence-electron chi connectivity index (χ1n) is 5.92. The van der Waals surface area contributed by atoms with Crippen molar-refractivity contribution in [2.45, 2.75) is 18.8 Å². The van der Waals surface area contributed by atoms with Gasteiger partial charge in [-0.3, -0.25) is 0 Å². The van der Waals surface area contributed by atoms with Crippen LogP contribution in [0.5, 0.6) is 0 Å². The highest BCUT2D eigenvalue weighted by Gasteiger charge is 2.31. The van der Waals surface area contributed by atoms with Crippen molar-refractivity contribution >= 4 is 34.5 Å². The number of hydrogen-bond acceptors (Lipinski definition) is 1. The van der Waals surface area contributed by atoms with E-state index < -0.39 is 0 Å². The van der Waals surface area contributed by atoms with Crippen molar-refractivity contribution in [2.24, 2.45) is 0 Å². The fraction of sp³-hybridized carbons (Fsp3) is 0.333. The summed E-state index contributed by atoms with van der Waals surface area (Å²) in [5, 5.41) is 2.09. The molecule has 2 rings (SSSR count).